The van der Waals surface area contributed by atoms with Crippen molar-refractivity contribution in [3.05, 3.63) is 0 Å². The first-order chi connectivity index (χ1) is 6.24. The van der Waals surface area contributed by atoms with Crippen LogP contribution >= 0.6 is 0 Å². The van der Waals surface area contributed by atoms with Crippen molar-refractivity contribution in [2.75, 3.05) is 6.61 Å². The number of nitrogens with one attached hydrogen (secondary N) is 2. The topological polar surface area (TPSA) is 67.4 Å². The number of hydroxylamine groups is 1. The van der Waals surface area contributed by atoms with Crippen LogP contribution in [-0.2, 0) is 14.4 Å². The summed E-state index contributed by atoms with van der Waals surface area (Å²) in [6.45, 7) is 0.0202. The summed E-state index contributed by atoms with van der Waals surface area (Å²) in [6.07, 6.45) is 5.78. The van der Waals surface area contributed by atoms with E-state index in [0.29, 0.717) is 12.8 Å². The summed E-state index contributed by atoms with van der Waals surface area (Å²) in [4.78, 5) is 26.5. The molecule has 70 valence electrons. The minimum atomic E-state index is -0.481. The molecule has 5 heteroatoms. The molecule has 1 fully saturated rings. The summed E-state index contributed by atoms with van der Waals surface area (Å²) in [5.74, 6) is 1.72. The van der Waals surface area contributed by atoms with Gasteiger partial charge in [0.25, 0.3) is 5.91 Å². The van der Waals surface area contributed by atoms with E-state index in [9.17, 15) is 9.59 Å². The maximum absolute atomic E-state index is 11.1. The van der Waals surface area contributed by atoms with Crippen LogP contribution in [0, 0.1) is 12.3 Å². The van der Waals surface area contributed by atoms with Crippen LogP contribution < -0.4 is 10.8 Å². The Hall–Kier alpha value is -1.54. The molecule has 0 spiro atoms. The fraction of sp³-hybridized carbons (Fsp3) is 0.500. The molecule has 5 nitrogen and oxygen atoms in total. The zero-order valence-corrected chi connectivity index (χ0v) is 7.00. The van der Waals surface area contributed by atoms with Crippen molar-refractivity contribution in [3.8, 4) is 12.3 Å². The molecular formula is C8H10N2O3. The van der Waals surface area contributed by atoms with Gasteiger partial charge in [-0.05, 0) is 6.42 Å². The van der Waals surface area contributed by atoms with Crippen LogP contribution in [0.5, 0.6) is 0 Å². The van der Waals surface area contributed by atoms with Crippen LogP contribution in [0.4, 0.5) is 0 Å². The van der Waals surface area contributed by atoms with E-state index in [1.54, 1.807) is 0 Å². The Kier molecular flexibility index (Phi) is 3.29. The molecule has 0 radical (unpaired) electrons. The fourth-order valence-corrected chi connectivity index (χ4v) is 1.03. The first-order valence-electron chi connectivity index (χ1n) is 3.88. The summed E-state index contributed by atoms with van der Waals surface area (Å²) in [5.41, 5.74) is 2.15. The molecule has 1 aliphatic heterocycles. The quantitative estimate of drug-likeness (QED) is 0.332. The standard InChI is InChI=1S/C8H10N2O3/c1-2-5-13-10-8(12)6-3-4-7(11)9-6/h1,6H,3-5H2,(H,9,11)(H,10,12)/t6-/m0/s1. The highest BCUT2D eigenvalue weighted by Gasteiger charge is 2.26. The summed E-state index contributed by atoms with van der Waals surface area (Å²) in [6, 6.07) is -0.481. The zero-order chi connectivity index (χ0) is 9.68. The van der Waals surface area contributed by atoms with Crippen LogP contribution in [0.15, 0.2) is 0 Å². The lowest BCUT2D eigenvalue weighted by atomic mass is 10.2. The van der Waals surface area contributed by atoms with E-state index in [0.717, 1.165) is 0 Å². The minimum Gasteiger partial charge on any atom is -0.344 e. The van der Waals surface area contributed by atoms with Gasteiger partial charge in [-0.3, -0.25) is 14.4 Å². The predicted molar refractivity (Wildman–Crippen MR) is 44.1 cm³/mol. The monoisotopic (exact) mass is 182 g/mol. The van der Waals surface area contributed by atoms with Crippen molar-refractivity contribution >= 4 is 11.8 Å². The van der Waals surface area contributed by atoms with Crippen molar-refractivity contribution in [2.24, 2.45) is 0 Å². The lowest BCUT2D eigenvalue weighted by Crippen LogP contribution is -2.41. The SMILES string of the molecule is C#CCONC(=O)[C@@H]1CCC(=O)N1. The van der Waals surface area contributed by atoms with E-state index < -0.39 is 6.04 Å². The lowest BCUT2D eigenvalue weighted by Gasteiger charge is -2.08. The second-order valence-electron chi connectivity index (χ2n) is 2.62. The molecule has 0 bridgehead atoms. The Morgan fingerprint density at radius 2 is 2.62 bits per heavy atom. The third kappa shape index (κ3) is 2.76. The Bertz CT molecular complexity index is 257. The molecule has 1 atom stereocenters. The number of hydrogen-bond donors (Lipinski definition) is 2. The molecule has 13 heavy (non-hydrogen) atoms. The molecule has 1 saturated heterocycles. The van der Waals surface area contributed by atoms with Gasteiger partial charge >= 0.3 is 0 Å². The highest BCUT2D eigenvalue weighted by atomic mass is 16.6. The Morgan fingerprint density at radius 1 is 1.85 bits per heavy atom. The molecule has 0 saturated carbocycles. The lowest BCUT2D eigenvalue weighted by molar-refractivity contribution is -0.135. The number of terminal acetylenes is 1. The van der Waals surface area contributed by atoms with Crippen molar-refractivity contribution in [1.82, 2.24) is 10.8 Å². The highest BCUT2D eigenvalue weighted by Crippen LogP contribution is 2.05. The molecule has 0 unspecified atom stereocenters. The van der Waals surface area contributed by atoms with Gasteiger partial charge in [-0.25, -0.2) is 5.48 Å². The molecule has 2 N–H and O–H groups in total. The van der Waals surface area contributed by atoms with E-state index in [4.69, 9.17) is 6.42 Å². The number of carbonyl (C=O) groups excluding carboxylic acids is 2. The van der Waals surface area contributed by atoms with Gasteiger partial charge < -0.3 is 5.32 Å². The molecule has 0 aromatic rings. The van der Waals surface area contributed by atoms with Gasteiger partial charge in [-0.15, -0.1) is 6.42 Å². The van der Waals surface area contributed by atoms with Gasteiger partial charge in [0.1, 0.15) is 12.6 Å². The number of rotatable bonds is 3. The van der Waals surface area contributed by atoms with Crippen LogP contribution in [0.25, 0.3) is 0 Å². The second-order valence-corrected chi connectivity index (χ2v) is 2.62. The second kappa shape index (κ2) is 4.48. The van der Waals surface area contributed by atoms with E-state index in [-0.39, 0.29) is 18.4 Å². The largest absolute Gasteiger partial charge is 0.344 e. The Morgan fingerprint density at radius 3 is 3.15 bits per heavy atom. The highest BCUT2D eigenvalue weighted by molar-refractivity contribution is 5.90. The summed E-state index contributed by atoms with van der Waals surface area (Å²) in [7, 11) is 0. The van der Waals surface area contributed by atoms with Crippen molar-refractivity contribution in [2.45, 2.75) is 18.9 Å². The molecule has 1 heterocycles. The third-order valence-corrected chi connectivity index (χ3v) is 1.64. The Labute approximate surface area is 75.8 Å². The van der Waals surface area contributed by atoms with Crippen molar-refractivity contribution in [1.29, 1.82) is 0 Å². The van der Waals surface area contributed by atoms with Gasteiger partial charge in [0.2, 0.25) is 5.91 Å². The van der Waals surface area contributed by atoms with Gasteiger partial charge in [0, 0.05) is 6.42 Å². The van der Waals surface area contributed by atoms with Gasteiger partial charge in [-0.2, -0.15) is 0 Å². The maximum atomic E-state index is 11.1. The molecular weight excluding hydrogens is 172 g/mol. The number of carbonyl (C=O) groups is 2. The molecule has 1 aliphatic rings. The normalized spacial score (nSPS) is 20.5. The van der Waals surface area contributed by atoms with Crippen LogP contribution in [-0.4, -0.2) is 24.5 Å². The Balaban J connectivity index is 2.24. The first-order valence-corrected chi connectivity index (χ1v) is 3.88. The average molecular weight is 182 g/mol. The molecule has 2 amide bonds. The van der Waals surface area contributed by atoms with E-state index in [2.05, 4.69) is 21.6 Å². The van der Waals surface area contributed by atoms with Crippen LogP contribution in [0.2, 0.25) is 0 Å². The smallest absolute Gasteiger partial charge is 0.266 e. The molecule has 0 aromatic carbocycles. The first kappa shape index (κ1) is 9.55. The van der Waals surface area contributed by atoms with Crippen molar-refractivity contribution in [3.63, 3.8) is 0 Å². The van der Waals surface area contributed by atoms with E-state index in [1.807, 2.05) is 0 Å². The fourth-order valence-electron chi connectivity index (χ4n) is 1.03. The van der Waals surface area contributed by atoms with Gasteiger partial charge in [-0.1, -0.05) is 5.92 Å². The zero-order valence-electron chi connectivity index (χ0n) is 7.00. The third-order valence-electron chi connectivity index (χ3n) is 1.64. The average Bonchev–Trinajstić information content (AvgIpc) is 2.52. The van der Waals surface area contributed by atoms with Crippen molar-refractivity contribution < 1.29 is 14.4 Å². The van der Waals surface area contributed by atoms with E-state index in [1.165, 1.54) is 0 Å². The van der Waals surface area contributed by atoms with Gasteiger partial charge in [0.15, 0.2) is 0 Å². The molecule has 1 rings (SSSR count). The summed E-state index contributed by atoms with van der Waals surface area (Å²) in [5, 5.41) is 2.50. The molecule has 0 aliphatic carbocycles. The number of amides is 2. The van der Waals surface area contributed by atoms with E-state index >= 15 is 0 Å². The predicted octanol–water partition coefficient (Wildman–Crippen LogP) is -1.05. The number of hydrogen-bond acceptors (Lipinski definition) is 3. The van der Waals surface area contributed by atoms with Crippen LogP contribution in [0.1, 0.15) is 12.8 Å². The summed E-state index contributed by atoms with van der Waals surface area (Å²) >= 11 is 0. The van der Waals surface area contributed by atoms with Crippen LogP contribution in [0.3, 0.4) is 0 Å². The summed E-state index contributed by atoms with van der Waals surface area (Å²) < 4.78 is 0. The maximum Gasteiger partial charge on any atom is 0.266 e. The minimum absolute atomic E-state index is 0.0202. The van der Waals surface area contributed by atoms with Gasteiger partial charge in [0.05, 0.1) is 0 Å². The molecule has 0 aromatic heterocycles.